The lowest BCUT2D eigenvalue weighted by Crippen LogP contribution is -2.48. The highest BCUT2D eigenvalue weighted by Crippen LogP contribution is 2.52. The van der Waals surface area contributed by atoms with Crippen molar-refractivity contribution >= 4 is 45.1 Å². The average Bonchev–Trinajstić information content (AvgIpc) is 3.62. The second-order valence-electron chi connectivity index (χ2n) is 15.3. The van der Waals surface area contributed by atoms with Crippen LogP contribution in [0.1, 0.15) is 88.3 Å². The molecule has 0 radical (unpaired) electrons. The third-order valence-electron chi connectivity index (χ3n) is 10.7. The minimum atomic E-state index is -5.14. The Morgan fingerprint density at radius 1 is 1.06 bits per heavy atom. The van der Waals surface area contributed by atoms with Gasteiger partial charge in [-0.2, -0.15) is 8.42 Å². The Hall–Kier alpha value is -4.50. The first-order chi connectivity index (χ1) is 24.9. The molecule has 8 rings (SSSR count). The molecule has 1 spiro atoms. The van der Waals surface area contributed by atoms with Gasteiger partial charge in [0.2, 0.25) is 0 Å². The molecule has 1 amide bonds. The van der Waals surface area contributed by atoms with Crippen LogP contribution >= 0.6 is 0 Å². The summed E-state index contributed by atoms with van der Waals surface area (Å²) < 4.78 is 53.8. The summed E-state index contributed by atoms with van der Waals surface area (Å²) >= 11 is 0. The normalized spacial score (nSPS) is 21.5. The number of halogens is 1. The standard InChI is InChI=1S/C37H44FN7O6S/c1-36(2,3)50-35(46)41-32-27-11-5-4-9-25(27)22-37(32)15-18-43(19-16-37)29-23-39-31-33(40-29)45(30-12-6-7-20-49-30)42-34(31)44-17-8-10-24-21-26(13-14-28(24)44)51-52(38,47)48/h4-5,9,11,13-14,21,23,30,32H,6-8,10,12,15-20,22H2,1-3H3,(H,41,46)/t30?,32-/m1/s1. The monoisotopic (exact) mass is 733 g/mol. The molecular formula is C37H44FN7O6S. The summed E-state index contributed by atoms with van der Waals surface area (Å²) in [4.78, 5) is 27.6. The summed E-state index contributed by atoms with van der Waals surface area (Å²) in [5, 5.41) is 8.32. The molecular weight excluding hydrogens is 690 g/mol. The molecule has 4 aliphatic rings. The molecule has 2 fully saturated rings. The van der Waals surface area contributed by atoms with Crippen molar-refractivity contribution < 1.29 is 30.8 Å². The zero-order valence-corrected chi connectivity index (χ0v) is 30.5. The highest BCUT2D eigenvalue weighted by atomic mass is 32.3. The van der Waals surface area contributed by atoms with Crippen LogP contribution in [0.25, 0.3) is 11.2 Å². The number of benzene rings is 2. The molecule has 3 aliphatic heterocycles. The Balaban J connectivity index is 1.09. The third kappa shape index (κ3) is 6.75. The van der Waals surface area contributed by atoms with Crippen LogP contribution in [0, 0.1) is 5.41 Å². The molecule has 276 valence electrons. The molecule has 1 aliphatic carbocycles. The van der Waals surface area contributed by atoms with E-state index >= 15 is 0 Å². The van der Waals surface area contributed by atoms with Crippen LogP contribution in [0.4, 0.5) is 26.0 Å². The van der Waals surface area contributed by atoms with Crippen molar-refractivity contribution in [3.8, 4) is 5.75 Å². The summed E-state index contributed by atoms with van der Waals surface area (Å²) in [6.07, 6.45) is 7.93. The first-order valence-corrected chi connectivity index (χ1v) is 19.4. The highest BCUT2D eigenvalue weighted by Gasteiger charge is 2.49. The zero-order valence-electron chi connectivity index (χ0n) is 29.7. The number of ether oxygens (including phenoxy) is 2. The maximum absolute atomic E-state index is 13.3. The number of hydrogen-bond donors (Lipinski definition) is 1. The van der Waals surface area contributed by atoms with Crippen LogP contribution in [0.15, 0.2) is 48.7 Å². The Kier molecular flexibility index (Phi) is 8.76. The van der Waals surface area contributed by atoms with Gasteiger partial charge in [0.05, 0.1) is 12.2 Å². The number of carbonyl (C=O) groups excluding carboxylic acids is 1. The van der Waals surface area contributed by atoms with E-state index in [4.69, 9.17) is 24.5 Å². The molecule has 1 unspecified atom stereocenters. The van der Waals surface area contributed by atoms with E-state index in [0.717, 1.165) is 80.7 Å². The first kappa shape index (κ1) is 34.6. The van der Waals surface area contributed by atoms with Gasteiger partial charge >= 0.3 is 16.6 Å². The van der Waals surface area contributed by atoms with Crippen molar-refractivity contribution in [3.05, 3.63) is 65.4 Å². The molecule has 1 N–H and O–H groups in total. The van der Waals surface area contributed by atoms with Gasteiger partial charge in [0, 0.05) is 37.3 Å². The number of aryl methyl sites for hydroxylation is 1. The van der Waals surface area contributed by atoms with Gasteiger partial charge in [-0.1, -0.05) is 28.2 Å². The number of hydrogen-bond acceptors (Lipinski definition) is 11. The lowest BCUT2D eigenvalue weighted by Gasteiger charge is -2.43. The van der Waals surface area contributed by atoms with Crippen LogP contribution in [0.3, 0.4) is 0 Å². The van der Waals surface area contributed by atoms with E-state index in [1.165, 1.54) is 11.6 Å². The number of nitrogens with zero attached hydrogens (tertiary/aromatic N) is 6. The van der Waals surface area contributed by atoms with Crippen LogP contribution < -0.4 is 19.3 Å². The molecule has 2 atom stereocenters. The van der Waals surface area contributed by atoms with Gasteiger partial charge in [0.1, 0.15) is 17.2 Å². The topological polar surface area (TPSA) is 141 Å². The van der Waals surface area contributed by atoms with Gasteiger partial charge in [0.25, 0.3) is 0 Å². The summed E-state index contributed by atoms with van der Waals surface area (Å²) in [7, 11) is -5.14. The Bertz CT molecular complexity index is 2100. The van der Waals surface area contributed by atoms with Crippen molar-refractivity contribution in [1.82, 2.24) is 25.1 Å². The predicted molar refractivity (Wildman–Crippen MR) is 193 cm³/mol. The van der Waals surface area contributed by atoms with Crippen LogP contribution in [-0.4, -0.2) is 66.1 Å². The van der Waals surface area contributed by atoms with E-state index in [1.807, 2.05) is 37.7 Å². The molecule has 2 aromatic heterocycles. The number of piperidine rings is 1. The number of anilines is 3. The fraction of sp³-hybridized carbons (Fsp3) is 0.514. The quantitative estimate of drug-likeness (QED) is 0.214. The summed E-state index contributed by atoms with van der Waals surface area (Å²) in [5.74, 6) is 1.31. The number of alkyl carbamates (subject to hydrolysis) is 1. The zero-order chi connectivity index (χ0) is 36.3. The Morgan fingerprint density at radius 2 is 1.87 bits per heavy atom. The molecule has 13 nitrogen and oxygen atoms in total. The van der Waals surface area contributed by atoms with Crippen molar-refractivity contribution in [2.75, 3.05) is 36.0 Å². The number of amides is 1. The molecule has 52 heavy (non-hydrogen) atoms. The largest absolute Gasteiger partial charge is 0.488 e. The number of fused-ring (bicyclic) bond motifs is 3. The van der Waals surface area contributed by atoms with Gasteiger partial charge in [0.15, 0.2) is 23.2 Å². The van der Waals surface area contributed by atoms with Crippen LogP contribution in [0.2, 0.25) is 0 Å². The number of aromatic nitrogens is 4. The molecule has 15 heteroatoms. The number of carbonyl (C=O) groups is 1. The lowest BCUT2D eigenvalue weighted by atomic mass is 9.72. The van der Waals surface area contributed by atoms with Crippen LogP contribution in [-0.2, 0) is 32.8 Å². The molecule has 5 heterocycles. The van der Waals surface area contributed by atoms with Crippen molar-refractivity contribution in [2.45, 2.75) is 90.0 Å². The van der Waals surface area contributed by atoms with E-state index in [0.29, 0.717) is 36.6 Å². The van der Waals surface area contributed by atoms with Crippen molar-refractivity contribution in [1.29, 1.82) is 0 Å². The second-order valence-corrected chi connectivity index (χ2v) is 16.3. The predicted octanol–water partition coefficient (Wildman–Crippen LogP) is 6.61. The number of rotatable bonds is 6. The van der Waals surface area contributed by atoms with Gasteiger partial charge < -0.3 is 28.8 Å². The summed E-state index contributed by atoms with van der Waals surface area (Å²) in [6, 6.07) is 12.9. The first-order valence-electron chi connectivity index (χ1n) is 18.1. The lowest BCUT2D eigenvalue weighted by molar-refractivity contribution is -0.0368. The number of nitrogens with one attached hydrogen (secondary N) is 1. The minimum Gasteiger partial charge on any atom is -0.444 e. The van der Waals surface area contributed by atoms with E-state index in [2.05, 4.69) is 37.5 Å². The van der Waals surface area contributed by atoms with E-state index in [1.54, 1.807) is 12.1 Å². The van der Waals surface area contributed by atoms with Crippen molar-refractivity contribution in [3.63, 3.8) is 0 Å². The second kappa shape index (κ2) is 13.2. The Morgan fingerprint density at radius 3 is 2.62 bits per heavy atom. The van der Waals surface area contributed by atoms with E-state index < -0.39 is 22.2 Å². The van der Waals surface area contributed by atoms with Gasteiger partial charge in [-0.3, -0.25) is 0 Å². The van der Waals surface area contributed by atoms with Gasteiger partial charge in [-0.05, 0) is 107 Å². The fourth-order valence-corrected chi connectivity index (χ4v) is 8.72. The van der Waals surface area contributed by atoms with Crippen LogP contribution in [0.5, 0.6) is 5.75 Å². The summed E-state index contributed by atoms with van der Waals surface area (Å²) in [6.45, 7) is 8.39. The van der Waals surface area contributed by atoms with Gasteiger partial charge in [-0.15, -0.1) is 5.10 Å². The van der Waals surface area contributed by atoms with E-state index in [9.17, 15) is 17.1 Å². The average molecular weight is 734 g/mol. The maximum atomic E-state index is 13.3. The molecule has 2 saturated heterocycles. The SMILES string of the molecule is CC(C)(C)OC(=O)N[C@@H]1c2ccccc2CC12CCN(c1cnc3c(N4CCCc5cc(OS(=O)(=O)F)ccc54)nn(C4CCCCO4)c3n1)CC2. The fourth-order valence-electron chi connectivity index (χ4n) is 8.39. The minimum absolute atomic E-state index is 0.0738. The van der Waals surface area contributed by atoms with Gasteiger partial charge in [-0.25, -0.2) is 19.4 Å². The summed E-state index contributed by atoms with van der Waals surface area (Å²) in [5.41, 5.74) is 4.59. The molecule has 2 aromatic carbocycles. The smallest absolute Gasteiger partial charge is 0.444 e. The Labute approximate surface area is 302 Å². The maximum Gasteiger partial charge on any atom is 0.488 e. The third-order valence-corrected chi connectivity index (χ3v) is 11.1. The molecule has 0 bridgehead atoms. The molecule has 0 saturated carbocycles. The molecule has 4 aromatic rings. The van der Waals surface area contributed by atoms with Crippen molar-refractivity contribution in [2.24, 2.45) is 5.41 Å². The van der Waals surface area contributed by atoms with E-state index in [-0.39, 0.29) is 23.4 Å². The highest BCUT2D eigenvalue weighted by molar-refractivity contribution is 7.81.